The number of carbonyl (C=O) groups excluding carboxylic acids is 1. The third kappa shape index (κ3) is 6.88. The smallest absolute Gasteiger partial charge is 0.408 e. The molecule has 2 aliphatic heterocycles. The van der Waals surface area contributed by atoms with Crippen molar-refractivity contribution in [3.8, 4) is 5.75 Å². The summed E-state index contributed by atoms with van der Waals surface area (Å²) in [5, 5.41) is 20.2. The molecule has 2 atom stereocenters. The second kappa shape index (κ2) is 13.7. The normalized spacial score (nSPS) is 18.9. The van der Waals surface area contributed by atoms with Crippen molar-refractivity contribution in [2.24, 2.45) is 0 Å². The molecule has 0 unspecified atom stereocenters. The first-order valence-corrected chi connectivity index (χ1v) is 16.6. The summed E-state index contributed by atoms with van der Waals surface area (Å²) in [5.74, 6) is 0.314. The molecule has 1 aliphatic carbocycles. The van der Waals surface area contributed by atoms with Crippen LogP contribution in [0, 0.1) is 26.6 Å². The molecule has 2 bridgehead atoms. The zero-order valence-electron chi connectivity index (χ0n) is 27.6. The van der Waals surface area contributed by atoms with E-state index in [-0.39, 0.29) is 37.3 Å². The minimum absolute atomic E-state index is 0.0184. The first kappa shape index (κ1) is 33.1. The van der Waals surface area contributed by atoms with Crippen LogP contribution in [0.5, 0.6) is 5.75 Å². The number of hydrogen-bond acceptors (Lipinski definition) is 4. The van der Waals surface area contributed by atoms with Crippen molar-refractivity contribution in [3.63, 3.8) is 0 Å². The van der Waals surface area contributed by atoms with Gasteiger partial charge in [-0.15, -0.1) is 0 Å². The van der Waals surface area contributed by atoms with Crippen LogP contribution in [0.1, 0.15) is 52.6 Å². The molecule has 1 saturated heterocycles. The molecule has 10 heteroatoms. The summed E-state index contributed by atoms with van der Waals surface area (Å²) in [4.78, 5) is 43.6. The zero-order valence-corrected chi connectivity index (χ0v) is 27.6. The van der Waals surface area contributed by atoms with Gasteiger partial charge in [0.05, 0.1) is 18.7 Å². The van der Waals surface area contributed by atoms with Crippen LogP contribution in [0.15, 0.2) is 66.2 Å². The van der Waals surface area contributed by atoms with Crippen LogP contribution < -0.4 is 4.74 Å². The summed E-state index contributed by atoms with van der Waals surface area (Å²) in [6, 6.07) is 16.8. The van der Waals surface area contributed by atoms with E-state index in [0.717, 1.165) is 52.0 Å². The second-order valence-electron chi connectivity index (χ2n) is 13.2. The van der Waals surface area contributed by atoms with E-state index in [0.29, 0.717) is 31.6 Å². The molecule has 48 heavy (non-hydrogen) atoms. The van der Waals surface area contributed by atoms with Crippen molar-refractivity contribution in [2.45, 2.75) is 71.0 Å². The number of amides is 3. The quantitative estimate of drug-likeness (QED) is 0.259. The van der Waals surface area contributed by atoms with Crippen molar-refractivity contribution in [2.75, 3.05) is 26.2 Å². The number of rotatable bonds is 10. The van der Waals surface area contributed by atoms with Gasteiger partial charge in [-0.1, -0.05) is 48.5 Å². The highest BCUT2D eigenvalue weighted by Gasteiger charge is 2.49. The van der Waals surface area contributed by atoms with Crippen molar-refractivity contribution < 1.29 is 33.7 Å². The number of hydrogen-bond donors (Lipinski definition) is 2. The van der Waals surface area contributed by atoms with Crippen molar-refractivity contribution >= 4 is 23.7 Å². The Kier molecular flexibility index (Phi) is 9.44. The van der Waals surface area contributed by atoms with E-state index >= 15 is 0 Å². The lowest BCUT2D eigenvalue weighted by atomic mass is 9.81. The van der Waals surface area contributed by atoms with Gasteiger partial charge in [-0.25, -0.2) is 14.0 Å². The Morgan fingerprint density at radius 1 is 0.854 bits per heavy atom. The van der Waals surface area contributed by atoms with Crippen molar-refractivity contribution in [1.29, 1.82) is 0 Å². The van der Waals surface area contributed by atoms with Gasteiger partial charge < -0.3 is 24.7 Å². The van der Waals surface area contributed by atoms with Gasteiger partial charge in [0.15, 0.2) is 0 Å². The van der Waals surface area contributed by atoms with E-state index in [1.165, 1.54) is 27.5 Å². The molecule has 3 aromatic carbocycles. The summed E-state index contributed by atoms with van der Waals surface area (Å²) in [7, 11) is 0. The monoisotopic (exact) mass is 655 g/mol. The van der Waals surface area contributed by atoms with Gasteiger partial charge in [0, 0.05) is 37.7 Å². The third-order valence-corrected chi connectivity index (χ3v) is 9.99. The Morgan fingerprint density at radius 2 is 1.50 bits per heavy atom. The number of piperazine rings is 1. The molecule has 0 radical (unpaired) electrons. The number of nitrogens with zero attached hydrogens (tertiary/aromatic N) is 3. The van der Waals surface area contributed by atoms with Crippen LogP contribution in [0.25, 0.3) is 5.57 Å². The molecule has 3 amide bonds. The van der Waals surface area contributed by atoms with Crippen LogP contribution in [-0.4, -0.2) is 87.4 Å². The molecule has 1 saturated carbocycles. The topological polar surface area (TPSA) is 111 Å². The molecule has 3 aliphatic rings. The van der Waals surface area contributed by atoms with Crippen molar-refractivity contribution in [3.05, 3.63) is 105 Å². The standard InChI is InChI=1S/C38H42FN3O6/c1-23-4-5-24(2)35(25(23)3)48-19-17-27-6-10-28(11-7-27)32-20-31-21-40(37(44)45)22-33(42(31)38(46)47)34(32)36(43)41(30-14-15-30)18-16-26-8-12-29(39)13-9-26/h4-13,30-31,33H,14-22H2,1-3H3,(H,44,45)(H,46,47)/t31-,33-/m1/s1. The lowest BCUT2D eigenvalue weighted by Gasteiger charge is -2.49. The molecule has 2 N–H and O–H groups in total. The largest absolute Gasteiger partial charge is 0.493 e. The van der Waals surface area contributed by atoms with Crippen molar-refractivity contribution in [1.82, 2.24) is 14.7 Å². The highest BCUT2D eigenvalue weighted by atomic mass is 19.1. The lowest BCUT2D eigenvalue weighted by molar-refractivity contribution is -0.128. The minimum atomic E-state index is -1.17. The molecule has 3 aromatic rings. The molecule has 9 nitrogen and oxygen atoms in total. The predicted molar refractivity (Wildman–Crippen MR) is 180 cm³/mol. The van der Waals surface area contributed by atoms with Gasteiger partial charge in [-0.05, 0) is 97.5 Å². The van der Waals surface area contributed by atoms with E-state index in [2.05, 4.69) is 26.0 Å². The van der Waals surface area contributed by atoms with Crippen LogP contribution in [0.2, 0.25) is 0 Å². The summed E-state index contributed by atoms with van der Waals surface area (Å²) in [6.45, 7) is 6.97. The Morgan fingerprint density at radius 3 is 2.15 bits per heavy atom. The number of benzene rings is 3. The average Bonchev–Trinajstić information content (AvgIpc) is 3.90. The zero-order chi connectivity index (χ0) is 34.1. The molecular formula is C38H42FN3O6. The predicted octanol–water partition coefficient (Wildman–Crippen LogP) is 6.47. The first-order valence-electron chi connectivity index (χ1n) is 16.6. The Hall–Kier alpha value is -4.86. The average molecular weight is 656 g/mol. The van der Waals surface area contributed by atoms with Gasteiger partial charge in [0.25, 0.3) is 5.91 Å². The minimum Gasteiger partial charge on any atom is -0.493 e. The molecule has 0 spiro atoms. The molecule has 0 aromatic heterocycles. The third-order valence-electron chi connectivity index (χ3n) is 9.99. The Balaban J connectivity index is 1.30. The number of aryl methyl sites for hydroxylation is 2. The number of ether oxygens (including phenoxy) is 1. The fourth-order valence-electron chi connectivity index (χ4n) is 7.08. The summed E-state index contributed by atoms with van der Waals surface area (Å²) >= 11 is 0. The Bertz CT molecular complexity index is 1730. The van der Waals surface area contributed by atoms with Gasteiger partial charge in [0.2, 0.25) is 0 Å². The first-order chi connectivity index (χ1) is 23.0. The maximum absolute atomic E-state index is 14.6. The number of fused-ring (bicyclic) bond motifs is 2. The molecule has 6 rings (SSSR count). The van der Waals surface area contributed by atoms with Gasteiger partial charge >= 0.3 is 12.2 Å². The maximum Gasteiger partial charge on any atom is 0.408 e. The second-order valence-corrected chi connectivity index (χ2v) is 13.2. The summed E-state index contributed by atoms with van der Waals surface area (Å²) in [6.07, 6.45) is 0.795. The summed E-state index contributed by atoms with van der Waals surface area (Å²) < 4.78 is 19.7. The number of carbonyl (C=O) groups is 3. The van der Waals surface area contributed by atoms with Crippen LogP contribution in [-0.2, 0) is 17.6 Å². The van der Waals surface area contributed by atoms with E-state index < -0.39 is 24.3 Å². The van der Waals surface area contributed by atoms with E-state index in [1.54, 1.807) is 17.0 Å². The maximum atomic E-state index is 14.6. The van der Waals surface area contributed by atoms with E-state index in [1.807, 2.05) is 31.2 Å². The highest BCUT2D eigenvalue weighted by Crippen LogP contribution is 2.41. The fraction of sp³-hybridized carbons (Fsp3) is 0.395. The van der Waals surface area contributed by atoms with Gasteiger partial charge in [0.1, 0.15) is 11.6 Å². The van der Waals surface area contributed by atoms with Crippen LogP contribution in [0.3, 0.4) is 0 Å². The molecular weight excluding hydrogens is 613 g/mol. The number of halogens is 1. The van der Waals surface area contributed by atoms with Crippen LogP contribution >= 0.6 is 0 Å². The number of carboxylic acid groups (broad SMARTS) is 2. The van der Waals surface area contributed by atoms with Gasteiger partial charge in [-0.2, -0.15) is 0 Å². The Labute approximate surface area is 280 Å². The van der Waals surface area contributed by atoms with Gasteiger partial charge in [-0.3, -0.25) is 9.69 Å². The lowest BCUT2D eigenvalue weighted by Crippen LogP contribution is -2.65. The SMILES string of the molecule is Cc1ccc(C)c(OCCc2ccc(C3=C(C(=O)N(CCc4ccc(F)cc4)C4CC4)[C@H]4CN(C(=O)O)C[C@@H](C3)N4C(=O)O)cc2)c1C. The van der Waals surface area contributed by atoms with E-state index in [9.17, 15) is 29.0 Å². The molecule has 252 valence electrons. The van der Waals surface area contributed by atoms with E-state index in [4.69, 9.17) is 4.74 Å². The fourth-order valence-corrected chi connectivity index (χ4v) is 7.08. The highest BCUT2D eigenvalue weighted by molar-refractivity contribution is 6.04. The molecule has 2 heterocycles. The summed E-state index contributed by atoms with van der Waals surface area (Å²) in [5.41, 5.74) is 7.29. The molecule has 2 fully saturated rings. The van der Waals surface area contributed by atoms with Crippen LogP contribution in [0.4, 0.5) is 14.0 Å².